The van der Waals surface area contributed by atoms with Crippen LogP contribution in [0, 0.1) is 0 Å². The van der Waals surface area contributed by atoms with Gasteiger partial charge in [-0.15, -0.1) is 24.2 Å². The molecule has 7 heteroatoms. The second-order valence-electron chi connectivity index (χ2n) is 3.76. The van der Waals surface area contributed by atoms with E-state index in [9.17, 15) is 0 Å². The van der Waals surface area contributed by atoms with Crippen LogP contribution < -0.4 is 5.32 Å². The third-order valence-corrected chi connectivity index (χ3v) is 3.63. The molecule has 2 fully saturated rings. The van der Waals surface area contributed by atoms with Gasteiger partial charge in [0.2, 0.25) is 11.7 Å². The Hall–Kier alpha value is -0.300. The molecule has 90 valence electrons. The van der Waals surface area contributed by atoms with E-state index >= 15 is 0 Å². The first-order chi connectivity index (χ1) is 7.43. The van der Waals surface area contributed by atoms with Crippen molar-refractivity contribution in [1.82, 2.24) is 15.5 Å². The number of aromatic nitrogens is 2. The molecule has 0 saturated carbocycles. The largest absolute Gasteiger partial charge is 0.370 e. The fraction of sp³-hybridized carbons (Fsp3) is 0.778. The summed E-state index contributed by atoms with van der Waals surface area (Å²) in [7, 11) is 0. The van der Waals surface area contributed by atoms with Gasteiger partial charge in [-0.3, -0.25) is 5.32 Å². The first-order valence-corrected chi connectivity index (χ1v) is 6.35. The summed E-state index contributed by atoms with van der Waals surface area (Å²) in [4.78, 5) is 4.40. The highest BCUT2D eigenvalue weighted by Crippen LogP contribution is 2.28. The van der Waals surface area contributed by atoms with Gasteiger partial charge in [-0.1, -0.05) is 5.16 Å². The molecule has 0 aliphatic carbocycles. The molecule has 0 aromatic carbocycles. The minimum atomic E-state index is 0. The summed E-state index contributed by atoms with van der Waals surface area (Å²) in [6.45, 7) is 0.812. The van der Waals surface area contributed by atoms with E-state index < -0.39 is 0 Å². The number of nitrogens with one attached hydrogen (secondary N) is 1. The van der Waals surface area contributed by atoms with E-state index in [-0.39, 0.29) is 24.6 Å². The lowest BCUT2D eigenvalue weighted by atomic mass is 10.2. The lowest BCUT2D eigenvalue weighted by molar-refractivity contribution is 0.103. The monoisotopic (exact) mass is 263 g/mol. The first-order valence-electron chi connectivity index (χ1n) is 5.20. The highest BCUT2D eigenvalue weighted by molar-refractivity contribution is 7.99. The lowest BCUT2D eigenvalue weighted by Crippen LogP contribution is -2.15. The quantitative estimate of drug-likeness (QED) is 0.876. The van der Waals surface area contributed by atoms with E-state index in [4.69, 9.17) is 9.26 Å². The predicted octanol–water partition coefficient (Wildman–Crippen LogP) is 1.68. The molecule has 0 radical (unpaired) electrons. The van der Waals surface area contributed by atoms with Gasteiger partial charge in [-0.2, -0.15) is 4.98 Å². The minimum Gasteiger partial charge on any atom is -0.370 e. The molecule has 3 heterocycles. The Morgan fingerprint density at radius 2 is 2.38 bits per heavy atom. The van der Waals surface area contributed by atoms with Crippen LogP contribution in [0.4, 0.5) is 0 Å². The van der Waals surface area contributed by atoms with E-state index in [1.165, 1.54) is 0 Å². The molecule has 1 N–H and O–H groups in total. The fourth-order valence-corrected chi connectivity index (χ4v) is 2.79. The number of ether oxygens (including phenoxy) is 1. The number of hydrogen-bond acceptors (Lipinski definition) is 6. The van der Waals surface area contributed by atoms with Crippen LogP contribution in [0.2, 0.25) is 0 Å². The molecule has 1 aromatic heterocycles. The van der Waals surface area contributed by atoms with Crippen molar-refractivity contribution < 1.29 is 9.26 Å². The van der Waals surface area contributed by atoms with Crippen molar-refractivity contribution in [3.8, 4) is 0 Å². The van der Waals surface area contributed by atoms with Gasteiger partial charge in [0.05, 0.1) is 6.04 Å². The summed E-state index contributed by atoms with van der Waals surface area (Å²) in [6.07, 6.45) is 2.15. The maximum Gasteiger partial charge on any atom is 0.244 e. The minimum absolute atomic E-state index is 0. The zero-order valence-electron chi connectivity index (χ0n) is 8.72. The van der Waals surface area contributed by atoms with Gasteiger partial charge < -0.3 is 9.26 Å². The van der Waals surface area contributed by atoms with Crippen LogP contribution in [0.5, 0.6) is 0 Å². The van der Waals surface area contributed by atoms with Gasteiger partial charge >= 0.3 is 0 Å². The molecule has 0 amide bonds. The van der Waals surface area contributed by atoms with Crippen molar-refractivity contribution in [3.05, 3.63) is 11.7 Å². The average molecular weight is 264 g/mol. The predicted molar refractivity (Wildman–Crippen MR) is 62.7 cm³/mol. The number of halogens is 1. The van der Waals surface area contributed by atoms with E-state index in [0.717, 1.165) is 31.1 Å². The van der Waals surface area contributed by atoms with Crippen LogP contribution in [0.3, 0.4) is 0 Å². The smallest absolute Gasteiger partial charge is 0.244 e. The Morgan fingerprint density at radius 3 is 3.06 bits per heavy atom. The van der Waals surface area contributed by atoms with E-state index in [0.29, 0.717) is 11.7 Å². The topological polar surface area (TPSA) is 60.2 Å². The van der Waals surface area contributed by atoms with Crippen LogP contribution in [-0.4, -0.2) is 28.4 Å². The van der Waals surface area contributed by atoms with E-state index in [1.807, 2.05) is 11.8 Å². The summed E-state index contributed by atoms with van der Waals surface area (Å²) in [5, 5.41) is 7.29. The maximum atomic E-state index is 5.50. The third-order valence-electron chi connectivity index (χ3n) is 2.69. The lowest BCUT2D eigenvalue weighted by Gasteiger charge is -2.02. The Kier molecular flexibility index (Phi) is 4.07. The van der Waals surface area contributed by atoms with Crippen LogP contribution in [0.15, 0.2) is 4.52 Å². The molecule has 16 heavy (non-hydrogen) atoms. The zero-order valence-corrected chi connectivity index (χ0v) is 10.4. The van der Waals surface area contributed by atoms with Gasteiger partial charge in [0.25, 0.3) is 0 Å². The van der Waals surface area contributed by atoms with Gasteiger partial charge in [-0.25, -0.2) is 0 Å². The van der Waals surface area contributed by atoms with Crippen molar-refractivity contribution in [1.29, 1.82) is 0 Å². The zero-order chi connectivity index (χ0) is 10.1. The number of rotatable bonds is 2. The van der Waals surface area contributed by atoms with Crippen molar-refractivity contribution in [2.24, 2.45) is 0 Å². The molecule has 2 atom stereocenters. The summed E-state index contributed by atoms with van der Waals surface area (Å²) in [6, 6.07) is 0.220. The molecular formula is C9H14ClN3O2S. The number of thioether (sulfide) groups is 1. The van der Waals surface area contributed by atoms with Crippen LogP contribution in [0.1, 0.15) is 36.7 Å². The van der Waals surface area contributed by atoms with Crippen molar-refractivity contribution >= 4 is 24.2 Å². The van der Waals surface area contributed by atoms with Crippen LogP contribution in [-0.2, 0) is 4.74 Å². The summed E-state index contributed by atoms with van der Waals surface area (Å²) < 4.78 is 10.7. The fourth-order valence-electron chi connectivity index (χ4n) is 1.85. The molecule has 0 spiro atoms. The molecule has 5 nitrogen and oxygen atoms in total. The normalized spacial score (nSPS) is 29.2. The number of hydrogen-bond donors (Lipinski definition) is 1. The van der Waals surface area contributed by atoms with E-state index in [1.54, 1.807) is 0 Å². The Morgan fingerprint density at radius 1 is 1.44 bits per heavy atom. The molecule has 1 aromatic rings. The SMILES string of the molecule is C1COC(c2noc(C3CSCN3)n2)C1.Cl. The number of nitrogens with zero attached hydrogens (tertiary/aromatic N) is 2. The third kappa shape index (κ3) is 2.34. The molecule has 0 bridgehead atoms. The summed E-state index contributed by atoms with van der Waals surface area (Å²) in [5.41, 5.74) is 0. The van der Waals surface area contributed by atoms with Crippen molar-refractivity contribution in [2.75, 3.05) is 18.2 Å². The highest BCUT2D eigenvalue weighted by atomic mass is 35.5. The molecule has 2 aliphatic heterocycles. The highest BCUT2D eigenvalue weighted by Gasteiger charge is 2.27. The van der Waals surface area contributed by atoms with Crippen molar-refractivity contribution in [2.45, 2.75) is 25.0 Å². The standard InChI is InChI=1S/C9H13N3O2S.ClH/c1-2-7(13-3-1)8-11-9(14-12-8)6-4-15-5-10-6;/h6-7,10H,1-5H2;1H. The average Bonchev–Trinajstić information content (AvgIpc) is 3.02. The van der Waals surface area contributed by atoms with Gasteiger partial charge in [-0.05, 0) is 12.8 Å². The molecular weight excluding hydrogens is 250 g/mol. The maximum absolute atomic E-state index is 5.50. The second-order valence-corrected chi connectivity index (χ2v) is 4.79. The van der Waals surface area contributed by atoms with Gasteiger partial charge in [0, 0.05) is 18.2 Å². The molecule has 3 rings (SSSR count). The van der Waals surface area contributed by atoms with E-state index in [2.05, 4.69) is 15.5 Å². The Labute approximate surface area is 104 Å². The molecule has 2 unspecified atom stereocenters. The second kappa shape index (κ2) is 5.35. The summed E-state index contributed by atoms with van der Waals surface area (Å²) >= 11 is 1.85. The summed E-state index contributed by atoms with van der Waals surface area (Å²) in [5.74, 6) is 3.38. The Bertz CT molecular complexity index is 307. The Balaban J connectivity index is 0.000000963. The molecule has 2 aliphatic rings. The van der Waals surface area contributed by atoms with Gasteiger partial charge in [0.15, 0.2) is 0 Å². The first kappa shape index (κ1) is 12.2. The molecule has 2 saturated heterocycles. The van der Waals surface area contributed by atoms with Crippen molar-refractivity contribution in [3.63, 3.8) is 0 Å². The van der Waals surface area contributed by atoms with Gasteiger partial charge in [0.1, 0.15) is 6.10 Å². The van der Waals surface area contributed by atoms with Crippen LogP contribution >= 0.6 is 24.2 Å². The van der Waals surface area contributed by atoms with Crippen LogP contribution in [0.25, 0.3) is 0 Å².